The lowest BCUT2D eigenvalue weighted by Gasteiger charge is -2.06. The van der Waals surface area contributed by atoms with E-state index < -0.39 is 5.97 Å². The summed E-state index contributed by atoms with van der Waals surface area (Å²) in [6.45, 7) is 4.00. The molecule has 0 atom stereocenters. The van der Waals surface area contributed by atoms with Gasteiger partial charge in [-0.25, -0.2) is 9.48 Å². The molecule has 0 N–H and O–H groups in total. The van der Waals surface area contributed by atoms with Crippen LogP contribution in [0, 0.1) is 6.92 Å². The van der Waals surface area contributed by atoms with Crippen molar-refractivity contribution in [2.45, 2.75) is 33.1 Å². The van der Waals surface area contributed by atoms with E-state index in [0.29, 0.717) is 11.4 Å². The van der Waals surface area contributed by atoms with Gasteiger partial charge in [0.1, 0.15) is 5.75 Å². The van der Waals surface area contributed by atoms with Crippen molar-refractivity contribution in [2.24, 2.45) is 0 Å². The standard InChI is InChI=1S/C20H21N3O2/c1-3-4-8-16-11-13-17(14-12-16)23-15(2)19(21-22-23)20(24)25-18-9-6-5-7-10-18/h5-7,9-14H,3-4,8H2,1-2H3. The molecular formula is C20H21N3O2. The van der Waals surface area contributed by atoms with E-state index in [0.717, 1.165) is 12.1 Å². The van der Waals surface area contributed by atoms with Crippen molar-refractivity contribution in [3.8, 4) is 11.4 Å². The van der Waals surface area contributed by atoms with Crippen LogP contribution >= 0.6 is 0 Å². The molecule has 0 fully saturated rings. The molecule has 128 valence electrons. The molecule has 5 nitrogen and oxygen atoms in total. The first-order valence-electron chi connectivity index (χ1n) is 8.48. The Hall–Kier alpha value is -2.95. The first-order chi connectivity index (χ1) is 12.2. The van der Waals surface area contributed by atoms with E-state index in [1.807, 2.05) is 37.3 Å². The number of aryl methyl sites for hydroxylation is 1. The predicted molar refractivity (Wildman–Crippen MR) is 96.1 cm³/mol. The number of carbonyl (C=O) groups is 1. The summed E-state index contributed by atoms with van der Waals surface area (Å²) in [5.41, 5.74) is 3.05. The van der Waals surface area contributed by atoms with Crippen LogP contribution in [-0.2, 0) is 6.42 Å². The van der Waals surface area contributed by atoms with Crippen molar-refractivity contribution in [2.75, 3.05) is 0 Å². The monoisotopic (exact) mass is 335 g/mol. The van der Waals surface area contributed by atoms with Crippen LogP contribution in [0.3, 0.4) is 0 Å². The summed E-state index contributed by atoms with van der Waals surface area (Å²) in [4.78, 5) is 12.3. The Kier molecular flexibility index (Phi) is 5.23. The average Bonchev–Trinajstić information content (AvgIpc) is 3.03. The van der Waals surface area contributed by atoms with Gasteiger partial charge in [-0.2, -0.15) is 0 Å². The van der Waals surface area contributed by atoms with Crippen LogP contribution in [-0.4, -0.2) is 21.0 Å². The van der Waals surface area contributed by atoms with Gasteiger partial charge in [-0.15, -0.1) is 5.10 Å². The number of ether oxygens (including phenoxy) is 1. The second-order valence-electron chi connectivity index (χ2n) is 5.91. The molecule has 0 amide bonds. The number of benzene rings is 2. The maximum atomic E-state index is 12.3. The summed E-state index contributed by atoms with van der Waals surface area (Å²) in [5, 5.41) is 8.10. The van der Waals surface area contributed by atoms with Gasteiger partial charge in [-0.05, 0) is 49.6 Å². The first-order valence-corrected chi connectivity index (χ1v) is 8.48. The number of hydrogen-bond acceptors (Lipinski definition) is 4. The summed E-state index contributed by atoms with van der Waals surface area (Å²) in [6.07, 6.45) is 3.43. The second-order valence-corrected chi connectivity index (χ2v) is 5.91. The van der Waals surface area contributed by atoms with E-state index >= 15 is 0 Å². The van der Waals surface area contributed by atoms with Gasteiger partial charge in [0.2, 0.25) is 0 Å². The highest BCUT2D eigenvalue weighted by Crippen LogP contribution is 2.16. The van der Waals surface area contributed by atoms with Crippen molar-refractivity contribution in [3.63, 3.8) is 0 Å². The number of aromatic nitrogens is 3. The van der Waals surface area contributed by atoms with Crippen molar-refractivity contribution in [1.29, 1.82) is 0 Å². The van der Waals surface area contributed by atoms with Crippen molar-refractivity contribution >= 4 is 5.97 Å². The highest BCUT2D eigenvalue weighted by atomic mass is 16.5. The largest absolute Gasteiger partial charge is 0.422 e. The van der Waals surface area contributed by atoms with E-state index in [1.54, 1.807) is 16.8 Å². The van der Waals surface area contributed by atoms with E-state index in [-0.39, 0.29) is 5.69 Å². The molecule has 25 heavy (non-hydrogen) atoms. The molecule has 3 rings (SSSR count). The number of esters is 1. The Morgan fingerprint density at radius 3 is 2.48 bits per heavy atom. The third kappa shape index (κ3) is 3.94. The molecule has 0 aliphatic carbocycles. The van der Waals surface area contributed by atoms with Crippen LogP contribution in [0.1, 0.15) is 41.5 Å². The molecule has 0 aliphatic heterocycles. The number of hydrogen-bond donors (Lipinski definition) is 0. The van der Waals surface area contributed by atoms with Gasteiger partial charge in [0, 0.05) is 0 Å². The van der Waals surface area contributed by atoms with Gasteiger partial charge in [0.15, 0.2) is 5.69 Å². The number of nitrogens with zero attached hydrogens (tertiary/aromatic N) is 3. The summed E-state index contributed by atoms with van der Waals surface area (Å²) >= 11 is 0. The molecule has 3 aromatic rings. The molecule has 0 radical (unpaired) electrons. The minimum Gasteiger partial charge on any atom is -0.422 e. The van der Waals surface area contributed by atoms with Crippen molar-refractivity contribution in [3.05, 3.63) is 71.5 Å². The average molecular weight is 335 g/mol. The van der Waals surface area contributed by atoms with Gasteiger partial charge >= 0.3 is 5.97 Å². The number of unbranched alkanes of at least 4 members (excludes halogenated alkanes) is 1. The fourth-order valence-electron chi connectivity index (χ4n) is 2.59. The van der Waals surface area contributed by atoms with E-state index in [4.69, 9.17) is 4.74 Å². The number of para-hydroxylation sites is 1. The van der Waals surface area contributed by atoms with E-state index in [1.165, 1.54) is 18.4 Å². The molecule has 1 heterocycles. The Balaban J connectivity index is 1.77. The quantitative estimate of drug-likeness (QED) is 0.502. The van der Waals surface area contributed by atoms with Crippen LogP contribution < -0.4 is 4.74 Å². The smallest absolute Gasteiger partial charge is 0.366 e. The number of carbonyl (C=O) groups excluding carboxylic acids is 1. The van der Waals surface area contributed by atoms with Crippen LogP contribution in [0.15, 0.2) is 54.6 Å². The fourth-order valence-corrected chi connectivity index (χ4v) is 2.59. The molecule has 0 unspecified atom stereocenters. The van der Waals surface area contributed by atoms with Crippen LogP contribution in [0.25, 0.3) is 5.69 Å². The highest BCUT2D eigenvalue weighted by Gasteiger charge is 2.19. The maximum Gasteiger partial charge on any atom is 0.366 e. The van der Waals surface area contributed by atoms with Crippen LogP contribution in [0.4, 0.5) is 0 Å². The topological polar surface area (TPSA) is 57.0 Å². The second kappa shape index (κ2) is 7.75. The molecule has 0 saturated carbocycles. The summed E-state index contributed by atoms with van der Waals surface area (Å²) in [7, 11) is 0. The zero-order valence-electron chi connectivity index (χ0n) is 14.5. The first kappa shape index (κ1) is 16.9. The number of rotatable bonds is 6. The Morgan fingerprint density at radius 2 is 1.80 bits per heavy atom. The minimum atomic E-state index is -0.505. The van der Waals surface area contributed by atoms with Crippen LogP contribution in [0.2, 0.25) is 0 Å². The zero-order chi connectivity index (χ0) is 17.6. The normalized spacial score (nSPS) is 10.6. The molecular weight excluding hydrogens is 314 g/mol. The van der Waals surface area contributed by atoms with Gasteiger partial charge in [0.25, 0.3) is 0 Å². The lowest BCUT2D eigenvalue weighted by molar-refractivity contribution is 0.0727. The van der Waals surface area contributed by atoms with Gasteiger partial charge < -0.3 is 4.74 Å². The van der Waals surface area contributed by atoms with Gasteiger partial charge in [0.05, 0.1) is 11.4 Å². The molecule has 0 saturated heterocycles. The molecule has 2 aromatic carbocycles. The Morgan fingerprint density at radius 1 is 1.08 bits per heavy atom. The predicted octanol–water partition coefficient (Wildman–Crippen LogP) is 4.14. The lowest BCUT2D eigenvalue weighted by atomic mass is 10.1. The maximum absolute atomic E-state index is 12.3. The lowest BCUT2D eigenvalue weighted by Crippen LogP contribution is -2.11. The highest BCUT2D eigenvalue weighted by molar-refractivity contribution is 5.90. The third-order valence-electron chi connectivity index (χ3n) is 4.04. The molecule has 0 spiro atoms. The molecule has 0 bridgehead atoms. The van der Waals surface area contributed by atoms with Crippen molar-refractivity contribution < 1.29 is 9.53 Å². The van der Waals surface area contributed by atoms with E-state index in [2.05, 4.69) is 29.4 Å². The van der Waals surface area contributed by atoms with Gasteiger partial charge in [-0.1, -0.05) is 48.9 Å². The van der Waals surface area contributed by atoms with Gasteiger partial charge in [-0.3, -0.25) is 0 Å². The Labute approximate surface area is 147 Å². The summed E-state index contributed by atoms with van der Waals surface area (Å²) in [5.74, 6) is -0.0174. The summed E-state index contributed by atoms with van der Waals surface area (Å²) < 4.78 is 7.00. The van der Waals surface area contributed by atoms with Crippen molar-refractivity contribution in [1.82, 2.24) is 15.0 Å². The third-order valence-corrected chi connectivity index (χ3v) is 4.04. The molecule has 1 aromatic heterocycles. The summed E-state index contributed by atoms with van der Waals surface area (Å²) in [6, 6.07) is 17.1. The zero-order valence-corrected chi connectivity index (χ0v) is 14.5. The molecule has 5 heteroatoms. The minimum absolute atomic E-state index is 0.221. The van der Waals surface area contributed by atoms with Crippen LogP contribution in [0.5, 0.6) is 5.75 Å². The van der Waals surface area contributed by atoms with E-state index in [9.17, 15) is 4.79 Å². The Bertz CT molecular complexity index is 839. The molecule has 0 aliphatic rings. The SMILES string of the molecule is CCCCc1ccc(-n2nnc(C(=O)Oc3ccccc3)c2C)cc1. The fraction of sp³-hybridized carbons (Fsp3) is 0.250.